The fraction of sp³-hybridized carbons (Fsp3) is 0.321. The normalized spacial score (nSPS) is 11.5. The third-order valence-corrected chi connectivity index (χ3v) is 6.45. The third kappa shape index (κ3) is 3.97. The molecule has 2 N–H and O–H groups in total. The molecule has 0 aliphatic rings. The van der Waals surface area contributed by atoms with Crippen LogP contribution in [-0.4, -0.2) is 10.5 Å². The van der Waals surface area contributed by atoms with E-state index >= 15 is 0 Å². The number of rotatable bonds is 7. The molecule has 1 heterocycles. The number of carbonyl (C=O) groups excluding carboxylic acids is 1. The monoisotopic (exact) mass is 412 g/mol. The molecule has 0 radical (unpaired) electrons. The van der Waals surface area contributed by atoms with Gasteiger partial charge in [0.25, 0.3) is 0 Å². The van der Waals surface area contributed by atoms with Crippen LogP contribution in [0.2, 0.25) is 0 Å². The minimum absolute atomic E-state index is 0.376. The van der Waals surface area contributed by atoms with Crippen LogP contribution in [0.15, 0.2) is 48.5 Å². The quantitative estimate of drug-likeness (QED) is 0.342. The van der Waals surface area contributed by atoms with Gasteiger partial charge in [0.1, 0.15) is 0 Å². The zero-order valence-corrected chi connectivity index (χ0v) is 19.1. The van der Waals surface area contributed by atoms with Crippen molar-refractivity contribution in [2.75, 3.05) is 0 Å². The number of nitrogens with zero attached hydrogens (tertiary/aromatic N) is 1. The van der Waals surface area contributed by atoms with E-state index in [-0.39, 0.29) is 5.91 Å². The molecule has 4 rings (SSSR count). The maximum Gasteiger partial charge on any atom is 0.249 e. The van der Waals surface area contributed by atoms with Gasteiger partial charge in [-0.05, 0) is 74.1 Å². The summed E-state index contributed by atoms with van der Waals surface area (Å²) in [6.07, 6.45) is 4.74. The number of nitrogens with two attached hydrogens (primary N) is 1. The van der Waals surface area contributed by atoms with E-state index in [4.69, 9.17) is 5.73 Å². The lowest BCUT2D eigenvalue weighted by molar-refractivity contribution is 0.100. The van der Waals surface area contributed by atoms with Gasteiger partial charge in [-0.25, -0.2) is 0 Å². The van der Waals surface area contributed by atoms with Crippen molar-refractivity contribution in [3.8, 4) is 0 Å². The summed E-state index contributed by atoms with van der Waals surface area (Å²) in [5.41, 5.74) is 15.2. The Morgan fingerprint density at radius 1 is 0.935 bits per heavy atom. The van der Waals surface area contributed by atoms with Gasteiger partial charge in [0.05, 0.1) is 5.52 Å². The molecule has 0 aliphatic heterocycles. The van der Waals surface area contributed by atoms with Crippen LogP contribution in [0.1, 0.15) is 64.4 Å². The molecular weight excluding hydrogens is 380 g/mol. The Hall–Kier alpha value is -3.07. The highest BCUT2D eigenvalue weighted by Crippen LogP contribution is 2.34. The molecule has 3 heteroatoms. The lowest BCUT2D eigenvalue weighted by atomic mass is 9.99. The van der Waals surface area contributed by atoms with Crippen molar-refractivity contribution >= 4 is 27.7 Å². The first kappa shape index (κ1) is 21.2. The molecule has 4 aromatic rings. The Balaban J connectivity index is 1.95. The number of hydrogen-bond acceptors (Lipinski definition) is 1. The largest absolute Gasteiger partial charge is 0.366 e. The molecule has 0 atom stereocenters. The minimum atomic E-state index is -0.376. The molecule has 0 saturated carbocycles. The van der Waals surface area contributed by atoms with Crippen LogP contribution in [0.5, 0.6) is 0 Å². The molecule has 1 aromatic heterocycles. The molecule has 160 valence electrons. The number of unbranched alkanes of at least 4 members (excludes halogenated alkanes) is 2. The van der Waals surface area contributed by atoms with Gasteiger partial charge in [-0.2, -0.15) is 0 Å². The molecule has 0 bridgehead atoms. The number of aryl methyl sites for hydroxylation is 4. The lowest BCUT2D eigenvalue weighted by Crippen LogP contribution is -2.11. The van der Waals surface area contributed by atoms with Gasteiger partial charge >= 0.3 is 0 Å². The van der Waals surface area contributed by atoms with Crippen LogP contribution in [0.25, 0.3) is 21.8 Å². The van der Waals surface area contributed by atoms with Gasteiger partial charge in [-0.3, -0.25) is 4.79 Å². The van der Waals surface area contributed by atoms with E-state index in [1.807, 2.05) is 12.1 Å². The SMILES string of the molecule is CCCCCc1ccc2c3c(C(N)=O)cccc3n(Cc3c(C)cc(C)cc3C)c2c1. The van der Waals surface area contributed by atoms with Crippen LogP contribution in [-0.2, 0) is 13.0 Å². The van der Waals surface area contributed by atoms with Crippen molar-refractivity contribution < 1.29 is 4.79 Å². The second-order valence-electron chi connectivity index (χ2n) is 8.84. The summed E-state index contributed by atoms with van der Waals surface area (Å²) in [5.74, 6) is -0.376. The first-order chi connectivity index (χ1) is 14.9. The number of benzene rings is 3. The topological polar surface area (TPSA) is 48.0 Å². The van der Waals surface area contributed by atoms with E-state index in [9.17, 15) is 4.79 Å². The molecule has 3 nitrogen and oxygen atoms in total. The molecule has 3 aromatic carbocycles. The Bertz CT molecular complexity index is 1260. The molecule has 31 heavy (non-hydrogen) atoms. The van der Waals surface area contributed by atoms with E-state index < -0.39 is 0 Å². The van der Waals surface area contributed by atoms with Gasteiger partial charge in [0, 0.05) is 28.4 Å². The van der Waals surface area contributed by atoms with Crippen LogP contribution in [0.3, 0.4) is 0 Å². The average Bonchev–Trinajstić information content (AvgIpc) is 3.03. The summed E-state index contributed by atoms with van der Waals surface area (Å²) in [5, 5.41) is 2.07. The number of primary amides is 1. The molecule has 1 amide bonds. The molecule has 0 fully saturated rings. The Labute approximate surface area is 184 Å². The van der Waals surface area contributed by atoms with Gasteiger partial charge < -0.3 is 10.3 Å². The minimum Gasteiger partial charge on any atom is -0.366 e. The summed E-state index contributed by atoms with van der Waals surface area (Å²) in [6.45, 7) is 9.53. The summed E-state index contributed by atoms with van der Waals surface area (Å²) < 4.78 is 2.37. The number of aromatic nitrogens is 1. The fourth-order valence-electron chi connectivity index (χ4n) is 4.92. The summed E-state index contributed by atoms with van der Waals surface area (Å²) in [7, 11) is 0. The Morgan fingerprint density at radius 2 is 1.68 bits per heavy atom. The predicted octanol–water partition coefficient (Wildman–Crippen LogP) is 6.60. The summed E-state index contributed by atoms with van der Waals surface area (Å²) in [4.78, 5) is 12.2. The van der Waals surface area contributed by atoms with Gasteiger partial charge in [-0.1, -0.05) is 55.7 Å². The van der Waals surface area contributed by atoms with Crippen molar-refractivity contribution in [3.05, 3.63) is 81.9 Å². The van der Waals surface area contributed by atoms with E-state index in [0.29, 0.717) is 5.56 Å². The molecule has 0 saturated heterocycles. The highest BCUT2D eigenvalue weighted by atomic mass is 16.1. The van der Waals surface area contributed by atoms with Crippen molar-refractivity contribution in [2.24, 2.45) is 5.73 Å². The summed E-state index contributed by atoms with van der Waals surface area (Å²) >= 11 is 0. The number of hydrogen-bond donors (Lipinski definition) is 1. The second kappa shape index (κ2) is 8.58. The van der Waals surface area contributed by atoms with Gasteiger partial charge in [-0.15, -0.1) is 0 Å². The number of carbonyl (C=O) groups is 1. The van der Waals surface area contributed by atoms with Crippen LogP contribution in [0.4, 0.5) is 0 Å². The highest BCUT2D eigenvalue weighted by molar-refractivity contribution is 6.18. The number of amides is 1. The number of fused-ring (bicyclic) bond motifs is 3. The second-order valence-corrected chi connectivity index (χ2v) is 8.84. The van der Waals surface area contributed by atoms with Crippen LogP contribution < -0.4 is 5.73 Å². The van der Waals surface area contributed by atoms with E-state index in [1.165, 1.54) is 52.6 Å². The predicted molar refractivity (Wildman–Crippen MR) is 131 cm³/mol. The van der Waals surface area contributed by atoms with Crippen LogP contribution in [0, 0.1) is 20.8 Å². The highest BCUT2D eigenvalue weighted by Gasteiger charge is 2.18. The van der Waals surface area contributed by atoms with Gasteiger partial charge in [0.2, 0.25) is 5.91 Å². The van der Waals surface area contributed by atoms with Crippen LogP contribution >= 0.6 is 0 Å². The maximum atomic E-state index is 12.2. The first-order valence-electron chi connectivity index (χ1n) is 11.3. The Kier molecular flexibility index (Phi) is 5.86. The van der Waals surface area contributed by atoms with E-state index in [2.05, 4.69) is 68.7 Å². The van der Waals surface area contributed by atoms with Gasteiger partial charge in [0.15, 0.2) is 0 Å². The van der Waals surface area contributed by atoms with Crippen molar-refractivity contribution in [1.29, 1.82) is 0 Å². The third-order valence-electron chi connectivity index (χ3n) is 6.45. The average molecular weight is 413 g/mol. The molecular formula is C28H32N2O. The molecule has 0 spiro atoms. The molecule has 0 unspecified atom stereocenters. The van der Waals surface area contributed by atoms with Crippen molar-refractivity contribution in [1.82, 2.24) is 4.57 Å². The fourth-order valence-corrected chi connectivity index (χ4v) is 4.92. The Morgan fingerprint density at radius 3 is 2.35 bits per heavy atom. The zero-order valence-electron chi connectivity index (χ0n) is 19.1. The molecule has 0 aliphatic carbocycles. The van der Waals surface area contributed by atoms with Crippen molar-refractivity contribution in [2.45, 2.75) is 59.9 Å². The summed E-state index contributed by atoms with van der Waals surface area (Å²) in [6, 6.07) is 17.1. The maximum absolute atomic E-state index is 12.2. The lowest BCUT2D eigenvalue weighted by Gasteiger charge is -2.15. The first-order valence-corrected chi connectivity index (χ1v) is 11.3. The van der Waals surface area contributed by atoms with E-state index in [0.717, 1.165) is 29.3 Å². The standard InChI is InChI=1S/C28H32N2O/c1-5-6-7-9-21-12-13-22-26(16-21)30(17-24-19(3)14-18(2)15-20(24)4)25-11-8-10-23(27(22)25)28(29)31/h8,10-16H,5-7,9,17H2,1-4H3,(H2,29,31). The smallest absolute Gasteiger partial charge is 0.249 e. The van der Waals surface area contributed by atoms with Crippen molar-refractivity contribution in [3.63, 3.8) is 0 Å². The van der Waals surface area contributed by atoms with E-state index in [1.54, 1.807) is 0 Å². The zero-order chi connectivity index (χ0) is 22.1.